The molecule has 2 nitrogen and oxygen atoms in total. The molecule has 2 heteroatoms. The molecule has 2 unspecified atom stereocenters. The molecule has 0 radical (unpaired) electrons. The van der Waals surface area contributed by atoms with E-state index in [2.05, 4.69) is 43.2 Å². The third-order valence-electron chi connectivity index (χ3n) is 3.39. The zero-order valence-electron chi connectivity index (χ0n) is 10.5. The first-order chi connectivity index (χ1) is 7.66. The summed E-state index contributed by atoms with van der Waals surface area (Å²) < 4.78 is 0. The largest absolute Gasteiger partial charge is 0.313 e. The van der Waals surface area contributed by atoms with Crippen LogP contribution in [0.5, 0.6) is 0 Å². The van der Waals surface area contributed by atoms with E-state index < -0.39 is 0 Å². The van der Waals surface area contributed by atoms with E-state index in [1.807, 2.05) is 6.20 Å². The molecule has 2 heterocycles. The van der Waals surface area contributed by atoms with Gasteiger partial charge in [0.1, 0.15) is 0 Å². The number of rotatable bonds is 3. The third-order valence-corrected chi connectivity index (χ3v) is 3.39. The van der Waals surface area contributed by atoms with E-state index in [9.17, 15) is 0 Å². The zero-order valence-corrected chi connectivity index (χ0v) is 10.5. The molecular formula is C14H22N2. The van der Waals surface area contributed by atoms with Gasteiger partial charge in [0.25, 0.3) is 0 Å². The van der Waals surface area contributed by atoms with E-state index in [1.54, 1.807) is 0 Å². The summed E-state index contributed by atoms with van der Waals surface area (Å²) >= 11 is 0. The van der Waals surface area contributed by atoms with Gasteiger partial charge in [0.05, 0.1) is 0 Å². The first-order valence-corrected chi connectivity index (χ1v) is 6.32. The minimum absolute atomic E-state index is 0.614. The number of aromatic nitrogens is 1. The fraction of sp³-hybridized carbons (Fsp3) is 0.643. The molecule has 0 bridgehead atoms. The summed E-state index contributed by atoms with van der Waals surface area (Å²) in [6.45, 7) is 7.81. The number of pyridine rings is 1. The number of nitrogens with one attached hydrogen (secondary N) is 1. The van der Waals surface area contributed by atoms with Gasteiger partial charge in [-0.25, -0.2) is 0 Å². The second-order valence-electron chi connectivity index (χ2n) is 5.35. The highest BCUT2D eigenvalue weighted by molar-refractivity contribution is 5.18. The van der Waals surface area contributed by atoms with Gasteiger partial charge in [-0.05, 0) is 43.9 Å². The van der Waals surface area contributed by atoms with Crippen LogP contribution >= 0.6 is 0 Å². The highest BCUT2D eigenvalue weighted by Gasteiger charge is 2.29. The molecule has 1 aromatic heterocycles. The van der Waals surface area contributed by atoms with Gasteiger partial charge in [0, 0.05) is 23.9 Å². The zero-order chi connectivity index (χ0) is 11.5. The molecule has 0 amide bonds. The summed E-state index contributed by atoms with van der Waals surface area (Å²) in [5.74, 6) is 1.37. The minimum atomic E-state index is 0.614. The number of hydrogen-bond acceptors (Lipinski definition) is 2. The van der Waals surface area contributed by atoms with E-state index in [0.29, 0.717) is 12.0 Å². The van der Waals surface area contributed by atoms with Crippen LogP contribution in [0.2, 0.25) is 0 Å². The Morgan fingerprint density at radius 3 is 2.88 bits per heavy atom. The van der Waals surface area contributed by atoms with Crippen LogP contribution in [0.4, 0.5) is 0 Å². The predicted octanol–water partition coefficient (Wildman–Crippen LogP) is 2.88. The summed E-state index contributed by atoms with van der Waals surface area (Å²) in [7, 11) is 0. The Kier molecular flexibility index (Phi) is 3.59. The highest BCUT2D eigenvalue weighted by atomic mass is 15.0. The van der Waals surface area contributed by atoms with Crippen molar-refractivity contribution in [2.24, 2.45) is 5.92 Å². The van der Waals surface area contributed by atoms with Gasteiger partial charge in [-0.3, -0.25) is 4.98 Å². The highest BCUT2D eigenvalue weighted by Crippen LogP contribution is 2.29. The van der Waals surface area contributed by atoms with Crippen molar-refractivity contribution in [1.29, 1.82) is 0 Å². The molecule has 1 N–H and O–H groups in total. The van der Waals surface area contributed by atoms with Gasteiger partial charge in [-0.15, -0.1) is 0 Å². The molecule has 88 valence electrons. The number of aryl methyl sites for hydroxylation is 1. The van der Waals surface area contributed by atoms with E-state index >= 15 is 0 Å². The predicted molar refractivity (Wildman–Crippen MR) is 67.6 cm³/mol. The lowest BCUT2D eigenvalue weighted by molar-refractivity contribution is 0.430. The first-order valence-electron chi connectivity index (χ1n) is 6.32. The second-order valence-corrected chi connectivity index (χ2v) is 5.35. The Morgan fingerprint density at radius 1 is 1.44 bits per heavy atom. The second kappa shape index (κ2) is 4.96. The molecular weight excluding hydrogens is 196 g/mol. The smallest absolute Gasteiger partial charge is 0.0450 e. The molecule has 0 spiro atoms. The molecule has 16 heavy (non-hydrogen) atoms. The lowest BCUT2D eigenvalue weighted by Gasteiger charge is -2.21. The quantitative estimate of drug-likeness (QED) is 0.844. The normalized spacial score (nSPS) is 25.2. The molecule has 1 saturated heterocycles. The maximum absolute atomic E-state index is 4.58. The van der Waals surface area contributed by atoms with Crippen LogP contribution in [0, 0.1) is 12.8 Å². The van der Waals surface area contributed by atoms with E-state index in [1.165, 1.54) is 24.1 Å². The Labute approximate surface area is 98.5 Å². The van der Waals surface area contributed by atoms with Crippen molar-refractivity contribution in [3.05, 3.63) is 29.6 Å². The van der Waals surface area contributed by atoms with E-state index in [0.717, 1.165) is 12.5 Å². The van der Waals surface area contributed by atoms with Crippen molar-refractivity contribution in [2.45, 2.75) is 45.6 Å². The summed E-state index contributed by atoms with van der Waals surface area (Å²) in [6, 6.07) is 4.99. The van der Waals surface area contributed by atoms with Crippen molar-refractivity contribution in [1.82, 2.24) is 10.3 Å². The SMILES string of the molecule is Cc1ccc(C2CCNC2CC(C)C)nc1. The van der Waals surface area contributed by atoms with Crippen LogP contribution in [0.3, 0.4) is 0 Å². The van der Waals surface area contributed by atoms with Crippen molar-refractivity contribution < 1.29 is 0 Å². The van der Waals surface area contributed by atoms with E-state index in [4.69, 9.17) is 0 Å². The van der Waals surface area contributed by atoms with Crippen LogP contribution < -0.4 is 5.32 Å². The number of hydrogen-bond donors (Lipinski definition) is 1. The standard InChI is InChI=1S/C14H22N2/c1-10(2)8-14-12(6-7-15-14)13-5-4-11(3)9-16-13/h4-5,9-10,12,14-15H,6-8H2,1-3H3. The molecule has 0 saturated carbocycles. The minimum Gasteiger partial charge on any atom is -0.313 e. The Bertz CT molecular complexity index is 329. The van der Waals surface area contributed by atoms with Crippen LogP contribution in [0.15, 0.2) is 18.3 Å². The van der Waals surface area contributed by atoms with Crippen molar-refractivity contribution in [3.63, 3.8) is 0 Å². The van der Waals surface area contributed by atoms with Gasteiger partial charge in [-0.1, -0.05) is 19.9 Å². The van der Waals surface area contributed by atoms with Crippen LogP contribution in [-0.2, 0) is 0 Å². The van der Waals surface area contributed by atoms with Gasteiger partial charge in [0.15, 0.2) is 0 Å². The maximum Gasteiger partial charge on any atom is 0.0450 e. The maximum atomic E-state index is 4.58. The molecule has 0 aromatic carbocycles. The van der Waals surface area contributed by atoms with Gasteiger partial charge in [0.2, 0.25) is 0 Å². The molecule has 1 aliphatic rings. The molecule has 1 fully saturated rings. The fourth-order valence-electron chi connectivity index (χ4n) is 2.58. The van der Waals surface area contributed by atoms with Gasteiger partial charge in [-0.2, -0.15) is 0 Å². The first kappa shape index (κ1) is 11.6. The topological polar surface area (TPSA) is 24.9 Å². The Balaban J connectivity index is 2.10. The monoisotopic (exact) mass is 218 g/mol. The molecule has 2 rings (SSSR count). The van der Waals surface area contributed by atoms with Crippen LogP contribution in [-0.4, -0.2) is 17.6 Å². The summed E-state index contributed by atoms with van der Waals surface area (Å²) in [6.07, 6.45) is 4.47. The lowest BCUT2D eigenvalue weighted by atomic mass is 9.90. The molecule has 1 aromatic rings. The Morgan fingerprint density at radius 2 is 2.25 bits per heavy atom. The average molecular weight is 218 g/mol. The summed E-state index contributed by atoms with van der Waals surface area (Å²) in [5.41, 5.74) is 2.51. The number of nitrogens with zero attached hydrogens (tertiary/aromatic N) is 1. The lowest BCUT2D eigenvalue weighted by Crippen LogP contribution is -2.27. The van der Waals surface area contributed by atoms with E-state index in [-0.39, 0.29) is 0 Å². The van der Waals surface area contributed by atoms with Crippen LogP contribution in [0.25, 0.3) is 0 Å². The van der Waals surface area contributed by atoms with Gasteiger partial charge >= 0.3 is 0 Å². The fourth-order valence-corrected chi connectivity index (χ4v) is 2.58. The Hall–Kier alpha value is -0.890. The average Bonchev–Trinajstić information content (AvgIpc) is 2.66. The summed E-state index contributed by atoms with van der Waals surface area (Å²) in [4.78, 5) is 4.58. The third kappa shape index (κ3) is 2.62. The summed E-state index contributed by atoms with van der Waals surface area (Å²) in [5, 5.41) is 3.61. The molecule has 1 aliphatic heterocycles. The molecule has 2 atom stereocenters. The van der Waals surface area contributed by atoms with Crippen molar-refractivity contribution >= 4 is 0 Å². The van der Waals surface area contributed by atoms with Gasteiger partial charge < -0.3 is 5.32 Å². The van der Waals surface area contributed by atoms with Crippen molar-refractivity contribution in [2.75, 3.05) is 6.54 Å². The molecule has 0 aliphatic carbocycles. The van der Waals surface area contributed by atoms with Crippen molar-refractivity contribution in [3.8, 4) is 0 Å². The van der Waals surface area contributed by atoms with Crippen LogP contribution in [0.1, 0.15) is 43.9 Å².